The quantitative estimate of drug-likeness (QED) is 0.791. The standard InChI is InChI=1S/C17H17BrClN3O2/c1-17(24,11-4-5-11)9-21-16(23)13-8-20-15(18)14(22-13)10-2-6-12(19)7-3-10/h2-3,6-8,11,24H,4-5,9H2,1H3,(H,21,23). The van der Waals surface area contributed by atoms with Gasteiger partial charge in [-0.15, -0.1) is 0 Å². The van der Waals surface area contributed by atoms with Crippen molar-refractivity contribution in [2.75, 3.05) is 6.54 Å². The molecule has 1 heterocycles. The summed E-state index contributed by atoms with van der Waals surface area (Å²) in [5.74, 6) is -0.0930. The minimum Gasteiger partial charge on any atom is -0.388 e. The van der Waals surface area contributed by atoms with Crippen LogP contribution in [0.3, 0.4) is 0 Å². The minimum atomic E-state index is -0.878. The molecule has 0 radical (unpaired) electrons. The highest BCUT2D eigenvalue weighted by Crippen LogP contribution is 2.39. The Hall–Kier alpha value is -1.50. The second-order valence-corrected chi connectivity index (χ2v) is 7.40. The lowest BCUT2D eigenvalue weighted by atomic mass is 10.0. The maximum absolute atomic E-state index is 12.3. The molecule has 126 valence electrons. The fourth-order valence-corrected chi connectivity index (χ4v) is 3.02. The zero-order valence-electron chi connectivity index (χ0n) is 13.1. The molecule has 1 atom stereocenters. The first-order valence-electron chi connectivity index (χ1n) is 7.66. The first-order valence-corrected chi connectivity index (χ1v) is 8.83. The molecule has 5 nitrogen and oxygen atoms in total. The van der Waals surface area contributed by atoms with Crippen LogP contribution in [0.15, 0.2) is 35.1 Å². The topological polar surface area (TPSA) is 75.1 Å². The summed E-state index contributed by atoms with van der Waals surface area (Å²) in [6.45, 7) is 1.95. The number of nitrogens with zero attached hydrogens (tertiary/aromatic N) is 2. The van der Waals surface area contributed by atoms with E-state index in [2.05, 4.69) is 31.2 Å². The number of carbonyl (C=O) groups excluding carboxylic acids is 1. The van der Waals surface area contributed by atoms with Crippen LogP contribution < -0.4 is 5.32 Å². The molecule has 1 aliphatic rings. The highest BCUT2D eigenvalue weighted by molar-refractivity contribution is 9.10. The van der Waals surface area contributed by atoms with E-state index in [1.165, 1.54) is 6.20 Å². The molecule has 3 rings (SSSR count). The molecule has 1 aromatic carbocycles. The summed E-state index contributed by atoms with van der Waals surface area (Å²) in [6.07, 6.45) is 3.41. The van der Waals surface area contributed by atoms with E-state index >= 15 is 0 Å². The van der Waals surface area contributed by atoms with Gasteiger partial charge in [-0.1, -0.05) is 23.7 Å². The van der Waals surface area contributed by atoms with E-state index < -0.39 is 5.60 Å². The number of aliphatic hydroxyl groups is 1. The van der Waals surface area contributed by atoms with Gasteiger partial charge in [-0.05, 0) is 53.7 Å². The summed E-state index contributed by atoms with van der Waals surface area (Å²) >= 11 is 9.25. The Morgan fingerprint density at radius 3 is 2.71 bits per heavy atom. The number of rotatable bonds is 5. The van der Waals surface area contributed by atoms with Gasteiger partial charge in [0.1, 0.15) is 16.0 Å². The van der Waals surface area contributed by atoms with Crippen molar-refractivity contribution < 1.29 is 9.90 Å². The van der Waals surface area contributed by atoms with Crippen molar-refractivity contribution >= 4 is 33.4 Å². The molecular formula is C17H17BrClN3O2. The number of carbonyl (C=O) groups is 1. The van der Waals surface area contributed by atoms with Crippen molar-refractivity contribution in [3.8, 4) is 11.3 Å². The fourth-order valence-electron chi connectivity index (χ4n) is 2.47. The third-order valence-electron chi connectivity index (χ3n) is 4.14. The number of halogens is 2. The summed E-state index contributed by atoms with van der Waals surface area (Å²) in [5, 5.41) is 13.6. The van der Waals surface area contributed by atoms with E-state index in [0.717, 1.165) is 18.4 Å². The normalized spacial score (nSPS) is 16.5. The van der Waals surface area contributed by atoms with E-state index in [4.69, 9.17) is 11.6 Å². The smallest absolute Gasteiger partial charge is 0.271 e. The summed E-state index contributed by atoms with van der Waals surface area (Å²) in [5.41, 5.74) is 0.693. The van der Waals surface area contributed by atoms with Gasteiger partial charge < -0.3 is 10.4 Å². The average molecular weight is 411 g/mol. The molecule has 2 aromatic rings. The monoisotopic (exact) mass is 409 g/mol. The molecule has 7 heteroatoms. The van der Waals surface area contributed by atoms with Crippen molar-refractivity contribution in [3.63, 3.8) is 0 Å². The summed E-state index contributed by atoms with van der Waals surface area (Å²) in [6, 6.07) is 7.14. The largest absolute Gasteiger partial charge is 0.388 e. The molecular weight excluding hydrogens is 394 g/mol. The van der Waals surface area contributed by atoms with Gasteiger partial charge in [-0.2, -0.15) is 0 Å². The van der Waals surface area contributed by atoms with Crippen molar-refractivity contribution in [2.24, 2.45) is 5.92 Å². The fraction of sp³-hybridized carbons (Fsp3) is 0.353. The zero-order chi connectivity index (χ0) is 17.3. The molecule has 1 amide bonds. The molecule has 0 aliphatic heterocycles. The Kier molecular flexibility index (Phi) is 4.90. The van der Waals surface area contributed by atoms with Crippen LogP contribution in [0.2, 0.25) is 5.02 Å². The van der Waals surface area contributed by atoms with Crippen LogP contribution in [0.4, 0.5) is 0 Å². The van der Waals surface area contributed by atoms with E-state index in [0.29, 0.717) is 15.3 Å². The predicted molar refractivity (Wildman–Crippen MR) is 95.9 cm³/mol. The van der Waals surface area contributed by atoms with Gasteiger partial charge in [-0.25, -0.2) is 9.97 Å². The van der Waals surface area contributed by atoms with Crippen LogP contribution in [0.25, 0.3) is 11.3 Å². The molecule has 0 bridgehead atoms. The highest BCUT2D eigenvalue weighted by atomic mass is 79.9. The Bertz CT molecular complexity index is 761. The molecule has 1 fully saturated rings. The third kappa shape index (κ3) is 3.94. The van der Waals surface area contributed by atoms with Gasteiger partial charge in [0.05, 0.1) is 11.8 Å². The van der Waals surface area contributed by atoms with E-state index in [9.17, 15) is 9.90 Å². The summed E-state index contributed by atoms with van der Waals surface area (Å²) in [4.78, 5) is 20.9. The predicted octanol–water partition coefficient (Wildman–Crippen LogP) is 3.45. The molecule has 1 aliphatic carbocycles. The number of benzene rings is 1. The number of aromatic nitrogens is 2. The van der Waals surface area contributed by atoms with Crippen LogP contribution in [-0.4, -0.2) is 33.1 Å². The number of nitrogens with one attached hydrogen (secondary N) is 1. The van der Waals surface area contributed by atoms with Gasteiger partial charge in [-0.3, -0.25) is 4.79 Å². The third-order valence-corrected chi connectivity index (χ3v) is 4.97. The molecule has 0 spiro atoms. The van der Waals surface area contributed by atoms with Gasteiger partial charge >= 0.3 is 0 Å². The minimum absolute atomic E-state index is 0.199. The van der Waals surface area contributed by atoms with Crippen molar-refractivity contribution in [2.45, 2.75) is 25.4 Å². The molecule has 1 unspecified atom stereocenters. The van der Waals surface area contributed by atoms with Crippen LogP contribution in [0, 0.1) is 5.92 Å². The van der Waals surface area contributed by atoms with Crippen LogP contribution in [-0.2, 0) is 0 Å². The van der Waals surface area contributed by atoms with Crippen molar-refractivity contribution in [3.05, 3.63) is 45.8 Å². The second-order valence-electron chi connectivity index (χ2n) is 6.22. The lowest BCUT2D eigenvalue weighted by Crippen LogP contribution is -2.42. The SMILES string of the molecule is CC(O)(CNC(=O)c1cnc(Br)c(-c2ccc(Cl)cc2)n1)C1CC1. The first kappa shape index (κ1) is 17.3. The van der Waals surface area contributed by atoms with Gasteiger partial charge in [0.2, 0.25) is 0 Å². The van der Waals surface area contributed by atoms with E-state index in [1.807, 2.05) is 12.1 Å². The van der Waals surface area contributed by atoms with Gasteiger partial charge in [0.25, 0.3) is 5.91 Å². The molecule has 1 aromatic heterocycles. The summed E-state index contributed by atoms with van der Waals surface area (Å²) in [7, 11) is 0. The van der Waals surface area contributed by atoms with Crippen LogP contribution in [0.5, 0.6) is 0 Å². The first-order chi connectivity index (χ1) is 11.4. The van der Waals surface area contributed by atoms with E-state index in [1.54, 1.807) is 19.1 Å². The number of hydrogen-bond acceptors (Lipinski definition) is 4. The Labute approximate surface area is 153 Å². The molecule has 2 N–H and O–H groups in total. The number of amides is 1. The Morgan fingerprint density at radius 2 is 2.08 bits per heavy atom. The second kappa shape index (κ2) is 6.78. The Balaban J connectivity index is 1.77. The lowest BCUT2D eigenvalue weighted by molar-refractivity contribution is 0.0353. The lowest BCUT2D eigenvalue weighted by Gasteiger charge is -2.23. The van der Waals surface area contributed by atoms with Crippen LogP contribution in [0.1, 0.15) is 30.3 Å². The maximum atomic E-state index is 12.3. The average Bonchev–Trinajstić information content (AvgIpc) is 3.40. The highest BCUT2D eigenvalue weighted by Gasteiger charge is 2.40. The molecule has 1 saturated carbocycles. The molecule has 24 heavy (non-hydrogen) atoms. The number of hydrogen-bond donors (Lipinski definition) is 2. The van der Waals surface area contributed by atoms with E-state index in [-0.39, 0.29) is 24.1 Å². The van der Waals surface area contributed by atoms with Crippen molar-refractivity contribution in [1.82, 2.24) is 15.3 Å². The maximum Gasteiger partial charge on any atom is 0.271 e. The zero-order valence-corrected chi connectivity index (χ0v) is 15.4. The van der Waals surface area contributed by atoms with Crippen LogP contribution >= 0.6 is 27.5 Å². The van der Waals surface area contributed by atoms with Gasteiger partial charge in [0, 0.05) is 17.1 Å². The summed E-state index contributed by atoms with van der Waals surface area (Å²) < 4.78 is 0.548. The van der Waals surface area contributed by atoms with Crippen molar-refractivity contribution in [1.29, 1.82) is 0 Å². The molecule has 0 saturated heterocycles. The van der Waals surface area contributed by atoms with Gasteiger partial charge in [0.15, 0.2) is 0 Å². The Morgan fingerprint density at radius 1 is 1.42 bits per heavy atom.